The van der Waals surface area contributed by atoms with Gasteiger partial charge in [0.15, 0.2) is 0 Å². The molecule has 0 bridgehead atoms. The van der Waals surface area contributed by atoms with E-state index in [0.717, 1.165) is 23.8 Å². The van der Waals surface area contributed by atoms with Crippen LogP contribution in [0.5, 0.6) is 0 Å². The molecule has 2 heteroatoms. The minimum Gasteiger partial charge on any atom is -0.371 e. The van der Waals surface area contributed by atoms with Crippen LogP contribution in [0.1, 0.15) is 40.5 Å². The molecule has 0 aromatic carbocycles. The zero-order valence-corrected chi connectivity index (χ0v) is 14.7. The van der Waals surface area contributed by atoms with Gasteiger partial charge in [0.1, 0.15) is 0 Å². The molecule has 0 spiro atoms. The molecule has 1 aliphatic rings. The van der Waals surface area contributed by atoms with Crippen molar-refractivity contribution in [2.45, 2.75) is 40.5 Å². The topological polar surface area (TPSA) is 6.48 Å². The van der Waals surface area contributed by atoms with E-state index < -0.39 is 0 Å². The number of hydrogen-bond acceptors (Lipinski definition) is 2. The summed E-state index contributed by atoms with van der Waals surface area (Å²) < 4.78 is 0. The van der Waals surface area contributed by atoms with Gasteiger partial charge in [-0.2, -0.15) is 0 Å². The van der Waals surface area contributed by atoms with Crippen molar-refractivity contribution in [3.63, 3.8) is 0 Å². The third-order valence-electron chi connectivity index (χ3n) is 3.93. The Balaban J connectivity index is 2.36. The van der Waals surface area contributed by atoms with Crippen LogP contribution in [0.15, 0.2) is 36.1 Å². The van der Waals surface area contributed by atoms with Crippen LogP contribution in [0.25, 0.3) is 0 Å². The van der Waals surface area contributed by atoms with Crippen LogP contribution in [-0.4, -0.2) is 43.0 Å². The monoisotopic (exact) mass is 290 g/mol. The number of allylic oxidation sites excluding steroid dienone is 4. The Hall–Kier alpha value is -1.02. The second-order valence-corrected chi connectivity index (χ2v) is 6.93. The summed E-state index contributed by atoms with van der Waals surface area (Å²) in [5, 5.41) is 0. The van der Waals surface area contributed by atoms with Crippen LogP contribution in [0.3, 0.4) is 0 Å². The van der Waals surface area contributed by atoms with Gasteiger partial charge in [0.2, 0.25) is 0 Å². The van der Waals surface area contributed by atoms with E-state index in [1.54, 1.807) is 0 Å². The van der Waals surface area contributed by atoms with E-state index in [1.807, 2.05) is 6.92 Å². The molecule has 0 unspecified atom stereocenters. The van der Waals surface area contributed by atoms with E-state index in [0.29, 0.717) is 0 Å². The number of hydrogen-bond donors (Lipinski definition) is 0. The molecule has 0 saturated carbocycles. The molecule has 2 nitrogen and oxygen atoms in total. The average molecular weight is 290 g/mol. The average Bonchev–Trinajstić information content (AvgIpc) is 2.36. The standard InChI is InChI=1S/C19H34N2/c1-7-8-19(10-9-16(2)3)21-14-18(15-21)13-20(6)12-11-17(4)5/h8-10,17-18H,2,7,11-15H2,1,3-6H3/b10-9-,19-8+. The predicted molar refractivity (Wildman–Crippen MR) is 94.3 cm³/mol. The van der Waals surface area contributed by atoms with Gasteiger partial charge in [0.25, 0.3) is 0 Å². The maximum absolute atomic E-state index is 3.94. The predicted octanol–water partition coefficient (Wildman–Crippen LogP) is 4.32. The Morgan fingerprint density at radius 1 is 1.33 bits per heavy atom. The maximum Gasteiger partial charge on any atom is 0.0325 e. The Bertz CT molecular complexity index is 373. The summed E-state index contributed by atoms with van der Waals surface area (Å²) in [6.45, 7) is 17.6. The first-order valence-electron chi connectivity index (χ1n) is 8.39. The third-order valence-corrected chi connectivity index (χ3v) is 3.93. The largest absolute Gasteiger partial charge is 0.371 e. The van der Waals surface area contributed by atoms with Crippen molar-refractivity contribution in [1.82, 2.24) is 9.80 Å². The Morgan fingerprint density at radius 3 is 2.52 bits per heavy atom. The molecule has 1 heterocycles. The van der Waals surface area contributed by atoms with Gasteiger partial charge in [-0.25, -0.2) is 0 Å². The van der Waals surface area contributed by atoms with Crippen LogP contribution in [0.4, 0.5) is 0 Å². The minimum absolute atomic E-state index is 0.803. The highest BCUT2D eigenvalue weighted by Gasteiger charge is 2.27. The van der Waals surface area contributed by atoms with E-state index in [4.69, 9.17) is 0 Å². The fraction of sp³-hybridized carbons (Fsp3) is 0.684. The molecule has 0 N–H and O–H groups in total. The lowest BCUT2D eigenvalue weighted by molar-refractivity contribution is 0.109. The van der Waals surface area contributed by atoms with Crippen LogP contribution >= 0.6 is 0 Å². The third kappa shape index (κ3) is 6.99. The fourth-order valence-electron chi connectivity index (χ4n) is 2.65. The molecule has 1 aliphatic heterocycles. The summed E-state index contributed by atoms with van der Waals surface area (Å²) >= 11 is 0. The second-order valence-electron chi connectivity index (χ2n) is 6.93. The van der Waals surface area contributed by atoms with Gasteiger partial charge in [-0.15, -0.1) is 0 Å². The Labute approximate surface area is 132 Å². The van der Waals surface area contributed by atoms with Gasteiger partial charge in [0, 0.05) is 31.2 Å². The van der Waals surface area contributed by atoms with Crippen molar-refractivity contribution in [3.8, 4) is 0 Å². The molecule has 1 saturated heterocycles. The first-order chi connectivity index (χ1) is 9.92. The lowest BCUT2D eigenvalue weighted by atomic mass is 9.97. The summed E-state index contributed by atoms with van der Waals surface area (Å²) in [5.41, 5.74) is 2.48. The van der Waals surface area contributed by atoms with E-state index in [9.17, 15) is 0 Å². The second kappa shape index (κ2) is 9.09. The molecule has 1 fully saturated rings. The first-order valence-corrected chi connectivity index (χ1v) is 8.39. The van der Waals surface area contributed by atoms with Crippen molar-refractivity contribution < 1.29 is 0 Å². The maximum atomic E-state index is 3.94. The van der Waals surface area contributed by atoms with Crippen LogP contribution in [0, 0.1) is 11.8 Å². The van der Waals surface area contributed by atoms with Crippen molar-refractivity contribution in [3.05, 3.63) is 36.1 Å². The van der Waals surface area contributed by atoms with Crippen molar-refractivity contribution in [2.75, 3.05) is 33.2 Å². The van der Waals surface area contributed by atoms with Crippen LogP contribution in [-0.2, 0) is 0 Å². The van der Waals surface area contributed by atoms with E-state index >= 15 is 0 Å². The molecule has 0 atom stereocenters. The molecule has 0 amide bonds. The summed E-state index contributed by atoms with van der Waals surface area (Å²) in [6, 6.07) is 0. The van der Waals surface area contributed by atoms with E-state index in [1.165, 1.54) is 38.3 Å². The fourth-order valence-corrected chi connectivity index (χ4v) is 2.65. The normalized spacial score (nSPS) is 17.1. The Kier molecular flexibility index (Phi) is 7.81. The molecule has 0 aromatic heterocycles. The molecule has 21 heavy (non-hydrogen) atoms. The number of likely N-dealkylation sites (tertiary alicyclic amines) is 1. The molecule has 1 rings (SSSR count). The van der Waals surface area contributed by atoms with Gasteiger partial charge >= 0.3 is 0 Å². The smallest absolute Gasteiger partial charge is 0.0325 e. The number of rotatable bonds is 9. The zero-order valence-electron chi connectivity index (χ0n) is 14.7. The quantitative estimate of drug-likeness (QED) is 0.583. The minimum atomic E-state index is 0.803. The van der Waals surface area contributed by atoms with Crippen molar-refractivity contribution in [1.29, 1.82) is 0 Å². The molecule has 0 radical (unpaired) electrons. The SMILES string of the molecule is C=C(C)/C=C\C(=C/CC)N1CC(CN(C)CCC(C)C)C1. The van der Waals surface area contributed by atoms with Gasteiger partial charge in [-0.05, 0) is 45.4 Å². The van der Waals surface area contributed by atoms with Crippen molar-refractivity contribution in [2.24, 2.45) is 11.8 Å². The highest BCUT2D eigenvalue weighted by molar-refractivity contribution is 5.25. The summed E-state index contributed by atoms with van der Waals surface area (Å²) in [4.78, 5) is 4.98. The van der Waals surface area contributed by atoms with Gasteiger partial charge < -0.3 is 9.80 Å². The lowest BCUT2D eigenvalue weighted by Crippen LogP contribution is -2.50. The van der Waals surface area contributed by atoms with Gasteiger partial charge in [-0.3, -0.25) is 0 Å². The van der Waals surface area contributed by atoms with E-state index in [2.05, 4.69) is 62.4 Å². The molecule has 0 aliphatic carbocycles. The zero-order chi connectivity index (χ0) is 15.8. The van der Waals surface area contributed by atoms with Crippen LogP contribution in [0.2, 0.25) is 0 Å². The van der Waals surface area contributed by atoms with Gasteiger partial charge in [-0.1, -0.05) is 45.1 Å². The van der Waals surface area contributed by atoms with Gasteiger partial charge in [0.05, 0.1) is 0 Å². The lowest BCUT2D eigenvalue weighted by Gasteiger charge is -2.43. The summed E-state index contributed by atoms with van der Waals surface area (Å²) in [5.74, 6) is 1.62. The highest BCUT2D eigenvalue weighted by Crippen LogP contribution is 2.23. The molecular weight excluding hydrogens is 256 g/mol. The van der Waals surface area contributed by atoms with Crippen LogP contribution < -0.4 is 0 Å². The number of nitrogens with zero attached hydrogens (tertiary/aromatic N) is 2. The van der Waals surface area contributed by atoms with Crippen molar-refractivity contribution >= 4 is 0 Å². The first kappa shape index (κ1) is 18.0. The van der Waals surface area contributed by atoms with E-state index in [-0.39, 0.29) is 0 Å². The molecular formula is C19H34N2. The summed E-state index contributed by atoms with van der Waals surface area (Å²) in [6.07, 6.45) is 9.03. The Morgan fingerprint density at radius 2 is 2.00 bits per heavy atom. The molecule has 0 aromatic rings. The molecule has 120 valence electrons. The highest BCUT2D eigenvalue weighted by atomic mass is 15.2. The summed E-state index contributed by atoms with van der Waals surface area (Å²) in [7, 11) is 2.26.